The Bertz CT molecular complexity index is 1210. The first-order valence-electron chi connectivity index (χ1n) is 12.5. The predicted octanol–water partition coefficient (Wildman–Crippen LogP) is 4.29. The van der Waals surface area contributed by atoms with E-state index >= 15 is 0 Å². The summed E-state index contributed by atoms with van der Waals surface area (Å²) in [5.41, 5.74) is 1.74. The highest BCUT2D eigenvalue weighted by Crippen LogP contribution is 2.27. The molecule has 10 heteroatoms. The van der Waals surface area contributed by atoms with E-state index in [1.807, 2.05) is 12.1 Å². The number of sulfonamides is 1. The number of anilines is 1. The summed E-state index contributed by atoms with van der Waals surface area (Å²) < 4.78 is 31.9. The molecule has 0 aliphatic heterocycles. The Morgan fingerprint density at radius 1 is 1.14 bits per heavy atom. The highest BCUT2D eigenvalue weighted by Gasteiger charge is 2.31. The van der Waals surface area contributed by atoms with Crippen molar-refractivity contribution in [3.05, 3.63) is 58.6 Å². The van der Waals surface area contributed by atoms with Crippen molar-refractivity contribution in [3.63, 3.8) is 0 Å². The van der Waals surface area contributed by atoms with Crippen molar-refractivity contribution in [2.75, 3.05) is 24.2 Å². The second-order valence-corrected chi connectivity index (χ2v) is 11.9. The van der Waals surface area contributed by atoms with Crippen LogP contribution in [0, 0.1) is 6.92 Å². The van der Waals surface area contributed by atoms with Crippen molar-refractivity contribution < 1.29 is 22.7 Å². The van der Waals surface area contributed by atoms with E-state index in [9.17, 15) is 18.0 Å². The third-order valence-electron chi connectivity index (χ3n) is 6.72. The van der Waals surface area contributed by atoms with Crippen LogP contribution in [-0.2, 0) is 26.2 Å². The number of carbonyl (C=O) groups excluding carboxylic acids is 2. The molecule has 2 aromatic rings. The maximum atomic E-state index is 13.7. The standard InChI is InChI=1S/C27H36ClN3O5S/c1-19-13-14-22(28)16-25(19)31(37(4,34)35)18-26(32)30(17-21-9-8-12-24(15-21)36-3)20(2)27(33)29-23-10-6-5-7-11-23/h8-9,12-16,20,23H,5-7,10-11,17-18H2,1-4H3,(H,29,33). The summed E-state index contributed by atoms with van der Waals surface area (Å²) in [4.78, 5) is 28.4. The van der Waals surface area contributed by atoms with E-state index < -0.39 is 28.5 Å². The number of halogens is 1. The molecule has 1 unspecified atom stereocenters. The molecule has 0 bridgehead atoms. The van der Waals surface area contributed by atoms with Gasteiger partial charge in [0.2, 0.25) is 21.8 Å². The fourth-order valence-corrected chi connectivity index (χ4v) is 5.63. The molecule has 37 heavy (non-hydrogen) atoms. The van der Waals surface area contributed by atoms with Gasteiger partial charge in [0, 0.05) is 17.6 Å². The van der Waals surface area contributed by atoms with E-state index in [1.54, 1.807) is 45.2 Å². The zero-order chi connectivity index (χ0) is 27.2. The third-order valence-corrected chi connectivity index (χ3v) is 8.09. The summed E-state index contributed by atoms with van der Waals surface area (Å²) in [6.07, 6.45) is 6.16. The molecular formula is C27H36ClN3O5S. The topological polar surface area (TPSA) is 96.0 Å². The minimum absolute atomic E-state index is 0.0825. The van der Waals surface area contributed by atoms with Gasteiger partial charge in [-0.2, -0.15) is 0 Å². The minimum Gasteiger partial charge on any atom is -0.497 e. The predicted molar refractivity (Wildman–Crippen MR) is 146 cm³/mol. The molecule has 3 rings (SSSR count). The zero-order valence-electron chi connectivity index (χ0n) is 21.9. The van der Waals surface area contributed by atoms with Crippen LogP contribution in [0.3, 0.4) is 0 Å². The van der Waals surface area contributed by atoms with Crippen molar-refractivity contribution >= 4 is 39.1 Å². The van der Waals surface area contributed by atoms with Gasteiger partial charge in [-0.1, -0.05) is 49.1 Å². The number of benzene rings is 2. The van der Waals surface area contributed by atoms with E-state index in [1.165, 1.54) is 11.0 Å². The van der Waals surface area contributed by atoms with Crippen molar-refractivity contribution in [1.29, 1.82) is 0 Å². The lowest BCUT2D eigenvalue weighted by Crippen LogP contribution is -2.53. The van der Waals surface area contributed by atoms with E-state index in [4.69, 9.17) is 16.3 Å². The number of hydrogen-bond donors (Lipinski definition) is 1. The molecule has 0 heterocycles. The van der Waals surface area contributed by atoms with Crippen LogP contribution >= 0.6 is 11.6 Å². The van der Waals surface area contributed by atoms with Gasteiger partial charge in [0.05, 0.1) is 19.1 Å². The fourth-order valence-electron chi connectivity index (χ4n) is 4.56. The summed E-state index contributed by atoms with van der Waals surface area (Å²) in [5, 5.41) is 3.44. The van der Waals surface area contributed by atoms with Crippen LogP contribution in [0.25, 0.3) is 0 Å². The lowest BCUT2D eigenvalue weighted by molar-refractivity contribution is -0.139. The number of carbonyl (C=O) groups is 2. The Kier molecular flexibility index (Phi) is 9.84. The van der Waals surface area contributed by atoms with Gasteiger partial charge in [-0.3, -0.25) is 13.9 Å². The highest BCUT2D eigenvalue weighted by molar-refractivity contribution is 7.92. The Balaban J connectivity index is 1.91. The number of aryl methyl sites for hydroxylation is 1. The first kappa shape index (κ1) is 28.8. The Morgan fingerprint density at radius 2 is 1.84 bits per heavy atom. The average molecular weight is 550 g/mol. The molecule has 0 spiro atoms. The van der Waals surface area contributed by atoms with E-state index in [0.29, 0.717) is 22.0 Å². The summed E-state index contributed by atoms with van der Waals surface area (Å²) in [7, 11) is -2.28. The lowest BCUT2D eigenvalue weighted by atomic mass is 9.95. The Labute approximate surface area is 225 Å². The molecule has 1 aliphatic rings. The van der Waals surface area contributed by atoms with Crippen molar-refractivity contribution in [2.24, 2.45) is 0 Å². The van der Waals surface area contributed by atoms with Gasteiger partial charge in [-0.15, -0.1) is 0 Å². The minimum atomic E-state index is -3.83. The summed E-state index contributed by atoms with van der Waals surface area (Å²) >= 11 is 6.15. The van der Waals surface area contributed by atoms with Crippen LogP contribution in [0.15, 0.2) is 42.5 Å². The maximum Gasteiger partial charge on any atom is 0.244 e. The van der Waals surface area contributed by atoms with Crippen molar-refractivity contribution in [1.82, 2.24) is 10.2 Å². The molecule has 1 atom stereocenters. The highest BCUT2D eigenvalue weighted by atomic mass is 35.5. The van der Waals surface area contributed by atoms with Crippen LogP contribution < -0.4 is 14.4 Å². The van der Waals surface area contributed by atoms with Crippen molar-refractivity contribution in [3.8, 4) is 5.75 Å². The summed E-state index contributed by atoms with van der Waals surface area (Å²) in [5.74, 6) is -0.136. The number of rotatable bonds is 10. The molecule has 1 fully saturated rings. The molecular weight excluding hydrogens is 514 g/mol. The van der Waals surface area contributed by atoms with E-state index in [2.05, 4.69) is 5.32 Å². The van der Waals surface area contributed by atoms with Gasteiger partial charge < -0.3 is 15.0 Å². The Hall–Kier alpha value is -2.78. The molecule has 8 nitrogen and oxygen atoms in total. The number of ether oxygens (including phenoxy) is 1. The van der Waals surface area contributed by atoms with Crippen molar-refractivity contribution in [2.45, 2.75) is 64.6 Å². The van der Waals surface area contributed by atoms with Crippen LogP contribution in [0.1, 0.15) is 50.2 Å². The summed E-state index contributed by atoms with van der Waals surface area (Å²) in [6, 6.07) is 11.4. The zero-order valence-corrected chi connectivity index (χ0v) is 23.4. The molecule has 1 saturated carbocycles. The van der Waals surface area contributed by atoms with Crippen LogP contribution in [0.4, 0.5) is 5.69 Å². The molecule has 0 aromatic heterocycles. The average Bonchev–Trinajstić information content (AvgIpc) is 2.87. The van der Waals surface area contributed by atoms with Gasteiger partial charge in [0.15, 0.2) is 0 Å². The van der Waals surface area contributed by atoms with E-state index in [0.717, 1.165) is 48.2 Å². The normalized spacial score (nSPS) is 15.1. The second kappa shape index (κ2) is 12.6. The van der Waals surface area contributed by atoms with E-state index in [-0.39, 0.29) is 18.5 Å². The smallest absolute Gasteiger partial charge is 0.244 e. The van der Waals surface area contributed by atoms with Gasteiger partial charge in [0.25, 0.3) is 0 Å². The molecule has 2 amide bonds. The van der Waals surface area contributed by atoms with Crippen LogP contribution in [-0.4, -0.2) is 57.1 Å². The number of nitrogens with zero attached hydrogens (tertiary/aromatic N) is 2. The molecule has 0 saturated heterocycles. The number of methoxy groups -OCH3 is 1. The van der Waals surface area contributed by atoms with Crippen LogP contribution in [0.5, 0.6) is 5.75 Å². The molecule has 1 aliphatic carbocycles. The van der Waals surface area contributed by atoms with Gasteiger partial charge in [-0.25, -0.2) is 8.42 Å². The molecule has 0 radical (unpaired) electrons. The summed E-state index contributed by atoms with van der Waals surface area (Å²) in [6.45, 7) is 3.07. The first-order valence-corrected chi connectivity index (χ1v) is 14.7. The second-order valence-electron chi connectivity index (χ2n) is 9.59. The third kappa shape index (κ3) is 7.85. The maximum absolute atomic E-state index is 13.7. The monoisotopic (exact) mass is 549 g/mol. The molecule has 1 N–H and O–H groups in total. The largest absolute Gasteiger partial charge is 0.497 e. The first-order chi connectivity index (χ1) is 17.5. The number of amides is 2. The fraction of sp³-hybridized carbons (Fsp3) is 0.481. The quantitative estimate of drug-likeness (QED) is 0.477. The number of hydrogen-bond acceptors (Lipinski definition) is 5. The number of nitrogens with one attached hydrogen (secondary N) is 1. The van der Waals surface area contributed by atoms with Crippen LogP contribution in [0.2, 0.25) is 5.02 Å². The lowest BCUT2D eigenvalue weighted by Gasteiger charge is -2.33. The SMILES string of the molecule is COc1cccc(CN(C(=O)CN(c2cc(Cl)ccc2C)S(C)(=O)=O)C(C)C(=O)NC2CCCCC2)c1. The Morgan fingerprint density at radius 3 is 2.49 bits per heavy atom. The molecule has 202 valence electrons. The van der Waals surface area contributed by atoms with Gasteiger partial charge >= 0.3 is 0 Å². The molecule has 2 aromatic carbocycles. The van der Waals surface area contributed by atoms with Gasteiger partial charge in [0.1, 0.15) is 18.3 Å². The van der Waals surface area contributed by atoms with Gasteiger partial charge in [-0.05, 0) is 62.1 Å².